The van der Waals surface area contributed by atoms with Crippen molar-refractivity contribution in [2.75, 3.05) is 0 Å². The molecular weight excluding hydrogens is 548 g/mol. The van der Waals surface area contributed by atoms with Gasteiger partial charge in [-0.3, -0.25) is 0 Å². The van der Waals surface area contributed by atoms with Gasteiger partial charge in [0.25, 0.3) is 0 Å². The van der Waals surface area contributed by atoms with Crippen LogP contribution in [0.5, 0.6) is 0 Å². The van der Waals surface area contributed by atoms with Crippen molar-refractivity contribution in [2.45, 2.75) is 0 Å². The molecule has 7 rings (SSSR count). The van der Waals surface area contributed by atoms with E-state index in [0.29, 0.717) is 0 Å². The first-order valence-electron chi connectivity index (χ1n) is 11.2. The standard InChI is InChI=1S/C30H18Br2N2/c31-19-14-15-28-23(16-19)24-17-25(32)30(18-29(24)33(28)20-8-2-1-3-9-20)34-26-12-6-4-10-21(26)22-11-5-7-13-27(22)34/h1-18H. The molecule has 0 unspecified atom stereocenters. The number of fused-ring (bicyclic) bond motifs is 6. The van der Waals surface area contributed by atoms with Crippen molar-refractivity contribution >= 4 is 75.5 Å². The molecule has 0 aliphatic heterocycles. The Morgan fingerprint density at radius 1 is 0.441 bits per heavy atom. The molecule has 0 N–H and O–H groups in total. The van der Waals surface area contributed by atoms with Crippen molar-refractivity contribution in [3.63, 3.8) is 0 Å². The molecule has 2 aromatic heterocycles. The fraction of sp³-hybridized carbons (Fsp3) is 0. The summed E-state index contributed by atoms with van der Waals surface area (Å²) < 4.78 is 6.88. The minimum atomic E-state index is 1.07. The second-order valence-electron chi connectivity index (χ2n) is 8.52. The van der Waals surface area contributed by atoms with Crippen LogP contribution in [-0.4, -0.2) is 9.13 Å². The highest BCUT2D eigenvalue weighted by Crippen LogP contribution is 2.40. The lowest BCUT2D eigenvalue weighted by atomic mass is 10.1. The molecule has 2 nitrogen and oxygen atoms in total. The van der Waals surface area contributed by atoms with Crippen LogP contribution < -0.4 is 0 Å². The molecule has 34 heavy (non-hydrogen) atoms. The normalized spacial score (nSPS) is 11.8. The first-order valence-corrected chi connectivity index (χ1v) is 12.8. The molecular formula is C30H18Br2N2. The molecule has 4 heteroatoms. The van der Waals surface area contributed by atoms with Gasteiger partial charge in [-0.15, -0.1) is 0 Å². The van der Waals surface area contributed by atoms with Gasteiger partial charge in [-0.25, -0.2) is 0 Å². The van der Waals surface area contributed by atoms with E-state index in [-0.39, 0.29) is 0 Å². The van der Waals surface area contributed by atoms with E-state index < -0.39 is 0 Å². The summed E-state index contributed by atoms with van der Waals surface area (Å²) in [6.07, 6.45) is 0. The zero-order valence-corrected chi connectivity index (χ0v) is 21.2. The van der Waals surface area contributed by atoms with E-state index in [0.717, 1.165) is 20.3 Å². The lowest BCUT2D eigenvalue weighted by Crippen LogP contribution is -1.98. The average Bonchev–Trinajstić information content (AvgIpc) is 3.36. The summed E-state index contributed by atoms with van der Waals surface area (Å²) in [5.74, 6) is 0. The summed E-state index contributed by atoms with van der Waals surface area (Å²) in [5, 5.41) is 4.97. The van der Waals surface area contributed by atoms with E-state index in [2.05, 4.69) is 150 Å². The predicted molar refractivity (Wildman–Crippen MR) is 151 cm³/mol. The Labute approximate surface area is 213 Å². The average molecular weight is 566 g/mol. The molecule has 0 saturated heterocycles. The largest absolute Gasteiger partial charge is 0.309 e. The Morgan fingerprint density at radius 3 is 1.74 bits per heavy atom. The molecule has 0 fully saturated rings. The van der Waals surface area contributed by atoms with E-state index in [1.165, 1.54) is 43.6 Å². The zero-order chi connectivity index (χ0) is 22.8. The highest BCUT2D eigenvalue weighted by atomic mass is 79.9. The number of hydrogen-bond donors (Lipinski definition) is 0. The Kier molecular flexibility index (Phi) is 4.48. The number of benzene rings is 5. The Balaban J connectivity index is 1.65. The van der Waals surface area contributed by atoms with Gasteiger partial charge in [0, 0.05) is 36.2 Å². The first kappa shape index (κ1) is 20.1. The van der Waals surface area contributed by atoms with Crippen LogP contribution in [-0.2, 0) is 0 Å². The maximum atomic E-state index is 3.94. The van der Waals surface area contributed by atoms with Crippen LogP contribution in [0.25, 0.3) is 55.0 Å². The van der Waals surface area contributed by atoms with Crippen LogP contribution in [0.2, 0.25) is 0 Å². The Hall–Kier alpha value is -3.34. The molecule has 0 aliphatic rings. The maximum absolute atomic E-state index is 3.94. The van der Waals surface area contributed by atoms with Gasteiger partial charge in [0.05, 0.1) is 27.8 Å². The molecule has 0 amide bonds. The summed E-state index contributed by atoms with van der Waals surface area (Å²) in [6.45, 7) is 0. The van der Waals surface area contributed by atoms with E-state index in [9.17, 15) is 0 Å². The molecule has 7 aromatic rings. The van der Waals surface area contributed by atoms with Crippen molar-refractivity contribution in [1.29, 1.82) is 0 Å². The Bertz CT molecular complexity index is 1820. The maximum Gasteiger partial charge on any atom is 0.0625 e. The number of hydrogen-bond acceptors (Lipinski definition) is 0. The molecule has 0 spiro atoms. The Morgan fingerprint density at radius 2 is 1.03 bits per heavy atom. The molecule has 2 heterocycles. The van der Waals surface area contributed by atoms with Gasteiger partial charge in [-0.2, -0.15) is 0 Å². The summed E-state index contributed by atoms with van der Waals surface area (Å²) in [7, 11) is 0. The topological polar surface area (TPSA) is 9.86 Å². The minimum Gasteiger partial charge on any atom is -0.309 e. The number of nitrogens with zero attached hydrogens (tertiary/aromatic N) is 2. The van der Waals surface area contributed by atoms with E-state index in [1.54, 1.807) is 0 Å². The summed E-state index contributed by atoms with van der Waals surface area (Å²) >= 11 is 7.62. The molecule has 0 radical (unpaired) electrons. The van der Waals surface area contributed by atoms with Crippen molar-refractivity contribution in [1.82, 2.24) is 9.13 Å². The smallest absolute Gasteiger partial charge is 0.0625 e. The third-order valence-electron chi connectivity index (χ3n) is 6.63. The van der Waals surface area contributed by atoms with Gasteiger partial charge < -0.3 is 9.13 Å². The third-order valence-corrected chi connectivity index (χ3v) is 7.76. The number of para-hydroxylation sites is 3. The molecule has 0 saturated carbocycles. The second kappa shape index (κ2) is 7.59. The first-order chi connectivity index (χ1) is 16.7. The number of halogens is 2. The monoisotopic (exact) mass is 564 g/mol. The van der Waals surface area contributed by atoms with Crippen molar-refractivity contribution in [2.24, 2.45) is 0 Å². The van der Waals surface area contributed by atoms with Crippen molar-refractivity contribution in [3.05, 3.63) is 118 Å². The zero-order valence-electron chi connectivity index (χ0n) is 18.0. The van der Waals surface area contributed by atoms with Gasteiger partial charge in [-0.05, 0) is 70.5 Å². The van der Waals surface area contributed by atoms with Crippen LogP contribution in [0.3, 0.4) is 0 Å². The van der Waals surface area contributed by atoms with Crippen molar-refractivity contribution in [3.8, 4) is 11.4 Å². The SMILES string of the molecule is Brc1ccc2c(c1)c1cc(Br)c(-n3c4ccccc4c4ccccc43)cc1n2-c1ccccc1. The summed E-state index contributed by atoms with van der Waals surface area (Å²) in [5.41, 5.74) is 7.06. The van der Waals surface area contributed by atoms with Crippen LogP contribution in [0.1, 0.15) is 0 Å². The number of aromatic nitrogens is 2. The fourth-order valence-electron chi connectivity index (χ4n) is 5.21. The molecule has 162 valence electrons. The fourth-order valence-corrected chi connectivity index (χ4v) is 6.09. The predicted octanol–water partition coefficient (Wildman–Crippen LogP) is 9.41. The third kappa shape index (κ3) is 2.85. The highest BCUT2D eigenvalue weighted by Gasteiger charge is 2.18. The lowest BCUT2D eigenvalue weighted by molar-refractivity contribution is 1.15. The quantitative estimate of drug-likeness (QED) is 0.197. The van der Waals surface area contributed by atoms with Gasteiger partial charge in [0.15, 0.2) is 0 Å². The van der Waals surface area contributed by atoms with Crippen LogP contribution in [0.15, 0.2) is 118 Å². The molecule has 5 aromatic carbocycles. The van der Waals surface area contributed by atoms with Crippen LogP contribution >= 0.6 is 31.9 Å². The van der Waals surface area contributed by atoms with Crippen LogP contribution in [0, 0.1) is 0 Å². The van der Waals surface area contributed by atoms with Gasteiger partial charge in [-0.1, -0.05) is 70.5 Å². The van der Waals surface area contributed by atoms with Gasteiger partial charge >= 0.3 is 0 Å². The van der Waals surface area contributed by atoms with Crippen molar-refractivity contribution < 1.29 is 0 Å². The van der Waals surface area contributed by atoms with Gasteiger partial charge in [0.2, 0.25) is 0 Å². The highest BCUT2D eigenvalue weighted by molar-refractivity contribution is 9.10. The minimum absolute atomic E-state index is 1.07. The van der Waals surface area contributed by atoms with E-state index >= 15 is 0 Å². The van der Waals surface area contributed by atoms with E-state index in [1.807, 2.05) is 0 Å². The summed E-state index contributed by atoms with van der Waals surface area (Å²) in [6, 6.07) is 39.0. The summed E-state index contributed by atoms with van der Waals surface area (Å²) in [4.78, 5) is 0. The molecule has 0 aliphatic carbocycles. The molecule has 0 atom stereocenters. The lowest BCUT2D eigenvalue weighted by Gasteiger charge is -2.13. The molecule has 0 bridgehead atoms. The van der Waals surface area contributed by atoms with Crippen LogP contribution in [0.4, 0.5) is 0 Å². The van der Waals surface area contributed by atoms with Gasteiger partial charge in [0.1, 0.15) is 0 Å². The second-order valence-corrected chi connectivity index (χ2v) is 10.3. The number of rotatable bonds is 2. The van der Waals surface area contributed by atoms with E-state index in [4.69, 9.17) is 0 Å².